The van der Waals surface area contributed by atoms with Crippen LogP contribution in [0.25, 0.3) is 0 Å². The maximum absolute atomic E-state index is 12.7. The molecule has 0 bridgehead atoms. The van der Waals surface area contributed by atoms with Crippen LogP contribution in [0, 0.1) is 11.8 Å². The molecule has 0 aliphatic carbocycles. The van der Waals surface area contributed by atoms with E-state index in [1.807, 2.05) is 0 Å². The Morgan fingerprint density at radius 2 is 0.647 bits per heavy atom. The molecule has 0 heterocycles. The predicted molar refractivity (Wildman–Crippen MR) is 215 cm³/mol. The molecule has 0 N–H and O–H groups in total. The third-order valence-electron chi connectivity index (χ3n) is 9.97. The van der Waals surface area contributed by atoms with Gasteiger partial charge in [-0.25, -0.2) is 0 Å². The topological polar surface area (TPSA) is 78.9 Å². The summed E-state index contributed by atoms with van der Waals surface area (Å²) >= 11 is 0. The molecule has 0 radical (unpaired) electrons. The number of esters is 3. The van der Waals surface area contributed by atoms with Gasteiger partial charge in [-0.1, -0.05) is 202 Å². The number of ether oxygens (including phenoxy) is 3. The van der Waals surface area contributed by atoms with Gasteiger partial charge in [-0.15, -0.1) is 0 Å². The van der Waals surface area contributed by atoms with Gasteiger partial charge in [-0.05, 0) is 31.1 Å². The number of hydrogen-bond acceptors (Lipinski definition) is 6. The van der Waals surface area contributed by atoms with E-state index in [2.05, 4.69) is 34.6 Å². The van der Waals surface area contributed by atoms with Crippen molar-refractivity contribution < 1.29 is 28.6 Å². The molecule has 0 fully saturated rings. The Bertz CT molecular complexity index is 779. The van der Waals surface area contributed by atoms with E-state index in [0.29, 0.717) is 19.3 Å². The smallest absolute Gasteiger partial charge is 0.306 e. The van der Waals surface area contributed by atoms with Gasteiger partial charge >= 0.3 is 17.9 Å². The van der Waals surface area contributed by atoms with E-state index < -0.39 is 6.10 Å². The van der Waals surface area contributed by atoms with Crippen molar-refractivity contribution in [1.82, 2.24) is 0 Å². The lowest BCUT2D eigenvalue weighted by molar-refractivity contribution is -0.167. The van der Waals surface area contributed by atoms with Crippen molar-refractivity contribution in [1.29, 1.82) is 0 Å². The van der Waals surface area contributed by atoms with Crippen LogP contribution in [0.1, 0.15) is 240 Å². The summed E-state index contributed by atoms with van der Waals surface area (Å²) in [5, 5.41) is 0. The summed E-state index contributed by atoms with van der Waals surface area (Å²) in [6.07, 6.45) is 35.2. The molecular weight excluding hydrogens is 636 g/mol. The van der Waals surface area contributed by atoms with Crippen LogP contribution in [0.4, 0.5) is 0 Å². The van der Waals surface area contributed by atoms with Gasteiger partial charge in [0.1, 0.15) is 13.2 Å². The van der Waals surface area contributed by atoms with E-state index in [9.17, 15) is 14.4 Å². The predicted octanol–water partition coefficient (Wildman–Crippen LogP) is 13.8. The van der Waals surface area contributed by atoms with E-state index >= 15 is 0 Å². The lowest BCUT2D eigenvalue weighted by atomic mass is 10.0. The molecular formula is C45H86O6. The van der Waals surface area contributed by atoms with E-state index in [4.69, 9.17) is 14.2 Å². The van der Waals surface area contributed by atoms with Crippen LogP contribution in [0.3, 0.4) is 0 Å². The van der Waals surface area contributed by atoms with Crippen molar-refractivity contribution >= 4 is 17.9 Å². The van der Waals surface area contributed by atoms with E-state index in [1.165, 1.54) is 128 Å². The molecule has 0 aromatic heterocycles. The van der Waals surface area contributed by atoms with Crippen molar-refractivity contribution in [2.75, 3.05) is 13.2 Å². The fourth-order valence-electron chi connectivity index (χ4n) is 6.58. The number of rotatable bonds is 39. The minimum Gasteiger partial charge on any atom is -0.462 e. The number of unbranched alkanes of at least 4 members (excludes halogenated alkanes) is 24. The third-order valence-corrected chi connectivity index (χ3v) is 9.97. The first-order valence-corrected chi connectivity index (χ1v) is 22.2. The molecule has 51 heavy (non-hydrogen) atoms. The summed E-state index contributed by atoms with van der Waals surface area (Å²) in [7, 11) is 0. The minimum absolute atomic E-state index is 0.0657. The highest BCUT2D eigenvalue weighted by Crippen LogP contribution is 2.16. The number of hydrogen-bond donors (Lipinski definition) is 0. The Morgan fingerprint density at radius 3 is 0.961 bits per heavy atom. The summed E-state index contributed by atoms with van der Waals surface area (Å²) in [6.45, 7) is 11.2. The first kappa shape index (κ1) is 49.4. The summed E-state index contributed by atoms with van der Waals surface area (Å²) in [5.41, 5.74) is 0. The molecule has 6 nitrogen and oxygen atoms in total. The van der Waals surface area contributed by atoms with Gasteiger partial charge in [-0.2, -0.15) is 0 Å². The van der Waals surface area contributed by atoms with Crippen molar-refractivity contribution in [3.63, 3.8) is 0 Å². The molecule has 0 amide bonds. The van der Waals surface area contributed by atoms with E-state index in [-0.39, 0.29) is 31.1 Å². The Hall–Kier alpha value is -1.59. The molecule has 0 rings (SSSR count). The second kappa shape index (κ2) is 38.1. The van der Waals surface area contributed by atoms with E-state index in [0.717, 1.165) is 69.6 Å². The largest absolute Gasteiger partial charge is 0.462 e. The van der Waals surface area contributed by atoms with Gasteiger partial charge in [0.2, 0.25) is 0 Å². The summed E-state index contributed by atoms with van der Waals surface area (Å²) in [6, 6.07) is 0. The van der Waals surface area contributed by atoms with Crippen molar-refractivity contribution in [2.24, 2.45) is 11.8 Å². The fourth-order valence-corrected chi connectivity index (χ4v) is 6.58. The molecule has 0 saturated heterocycles. The van der Waals surface area contributed by atoms with Crippen LogP contribution in [-0.2, 0) is 28.6 Å². The summed E-state index contributed by atoms with van der Waals surface area (Å²) in [5.74, 6) is 0.712. The van der Waals surface area contributed by atoms with Crippen molar-refractivity contribution in [3.8, 4) is 0 Å². The molecule has 0 aromatic carbocycles. The maximum Gasteiger partial charge on any atom is 0.306 e. The Labute approximate surface area is 317 Å². The molecule has 0 saturated carbocycles. The zero-order valence-corrected chi connectivity index (χ0v) is 34.7. The Kier molecular flexibility index (Phi) is 37.0. The van der Waals surface area contributed by atoms with Crippen LogP contribution in [0.5, 0.6) is 0 Å². The SMILES string of the molecule is CCCCCCCCCCCCCCC(=O)OC[C@@H](COC(=O)CCCCCCCCCC(C)C)OC(=O)CCCCCCCCCCC(C)C. The second-order valence-electron chi connectivity index (χ2n) is 16.3. The molecule has 0 aliphatic rings. The fraction of sp³-hybridized carbons (Fsp3) is 0.933. The minimum atomic E-state index is -0.760. The van der Waals surface area contributed by atoms with Gasteiger partial charge in [0.05, 0.1) is 0 Å². The molecule has 6 heteroatoms. The van der Waals surface area contributed by atoms with Crippen LogP contribution in [0.2, 0.25) is 0 Å². The zero-order valence-electron chi connectivity index (χ0n) is 34.7. The van der Waals surface area contributed by atoms with Crippen molar-refractivity contribution in [3.05, 3.63) is 0 Å². The lowest BCUT2D eigenvalue weighted by Gasteiger charge is -2.18. The standard InChI is InChI=1S/C45H86O6/c1-6-7-8-9-10-11-12-13-14-20-25-30-35-43(46)49-38-42(39-50-44(47)36-31-26-22-17-19-24-29-34-41(4)5)51-45(48)37-32-27-21-16-15-18-23-28-33-40(2)3/h40-42H,6-39H2,1-5H3/t42-/m0/s1. The van der Waals surface area contributed by atoms with Gasteiger partial charge in [0.25, 0.3) is 0 Å². The van der Waals surface area contributed by atoms with Crippen LogP contribution in [0.15, 0.2) is 0 Å². The normalized spacial score (nSPS) is 12.1. The zero-order chi connectivity index (χ0) is 37.6. The highest BCUT2D eigenvalue weighted by molar-refractivity contribution is 5.71. The highest BCUT2D eigenvalue weighted by Gasteiger charge is 2.19. The quantitative estimate of drug-likeness (QED) is 0.0357. The third kappa shape index (κ3) is 39.5. The monoisotopic (exact) mass is 723 g/mol. The highest BCUT2D eigenvalue weighted by atomic mass is 16.6. The van der Waals surface area contributed by atoms with Gasteiger partial charge in [0, 0.05) is 19.3 Å². The summed E-state index contributed by atoms with van der Waals surface area (Å²) < 4.78 is 16.7. The van der Waals surface area contributed by atoms with Crippen molar-refractivity contribution in [2.45, 2.75) is 246 Å². The van der Waals surface area contributed by atoms with E-state index in [1.54, 1.807) is 0 Å². The van der Waals surface area contributed by atoms with Gasteiger partial charge < -0.3 is 14.2 Å². The molecule has 0 spiro atoms. The molecule has 1 atom stereocenters. The van der Waals surface area contributed by atoms with Crippen LogP contribution < -0.4 is 0 Å². The average Bonchev–Trinajstić information content (AvgIpc) is 3.09. The Morgan fingerprint density at radius 1 is 0.373 bits per heavy atom. The molecule has 0 aliphatic heterocycles. The van der Waals surface area contributed by atoms with Gasteiger partial charge in [-0.3, -0.25) is 14.4 Å². The van der Waals surface area contributed by atoms with Crippen LogP contribution >= 0.6 is 0 Å². The molecule has 0 unspecified atom stereocenters. The summed E-state index contributed by atoms with van der Waals surface area (Å²) in [4.78, 5) is 37.6. The number of carbonyl (C=O) groups is 3. The lowest BCUT2D eigenvalue weighted by Crippen LogP contribution is -2.30. The second-order valence-corrected chi connectivity index (χ2v) is 16.3. The average molecular weight is 723 g/mol. The Balaban J connectivity index is 4.34. The molecule has 302 valence electrons. The van der Waals surface area contributed by atoms with Gasteiger partial charge in [0.15, 0.2) is 6.10 Å². The maximum atomic E-state index is 12.7. The van der Waals surface area contributed by atoms with Crippen LogP contribution in [-0.4, -0.2) is 37.2 Å². The molecule has 0 aromatic rings. The first-order valence-electron chi connectivity index (χ1n) is 22.2. The first-order chi connectivity index (χ1) is 24.7. The number of carbonyl (C=O) groups excluding carboxylic acids is 3.